The highest BCUT2D eigenvalue weighted by Crippen LogP contribution is 2.43. The van der Waals surface area contributed by atoms with Crippen molar-refractivity contribution in [2.24, 2.45) is 11.1 Å². The molecule has 0 saturated carbocycles. The lowest BCUT2D eigenvalue weighted by Gasteiger charge is -2.36. The van der Waals surface area contributed by atoms with Crippen molar-refractivity contribution in [3.63, 3.8) is 0 Å². The molecule has 0 spiro atoms. The smallest absolute Gasteiger partial charge is 0.312 e. The van der Waals surface area contributed by atoms with E-state index in [1.165, 1.54) is 19.1 Å². The summed E-state index contributed by atoms with van der Waals surface area (Å²) in [6.07, 6.45) is 7.11. The van der Waals surface area contributed by atoms with Gasteiger partial charge in [-0.15, -0.1) is 0 Å². The Morgan fingerprint density at radius 1 is 1.11 bits per heavy atom. The van der Waals surface area contributed by atoms with Crippen molar-refractivity contribution < 1.29 is 18.7 Å². The van der Waals surface area contributed by atoms with Gasteiger partial charge >= 0.3 is 5.97 Å². The molecular weight excluding hydrogens is 445 g/mol. The minimum absolute atomic E-state index is 0.0208. The molecule has 198 valence electrons. The van der Waals surface area contributed by atoms with E-state index in [1.54, 1.807) is 13.8 Å². The molecule has 7 heteroatoms. The maximum atomic E-state index is 13.1. The zero-order chi connectivity index (χ0) is 26.1. The fourth-order valence-electron chi connectivity index (χ4n) is 4.73. The van der Waals surface area contributed by atoms with E-state index in [2.05, 4.69) is 23.6 Å². The van der Waals surface area contributed by atoms with E-state index in [4.69, 9.17) is 10.5 Å². The topological polar surface area (TPSA) is 75.9 Å². The Balaban J connectivity index is 0.000000540. The standard InChI is InChI=1S/C23H35FN2O2.C5H11NO/c1-3-5-12-23(11-4-2)18-21(28-22(23)27)10-13-25-14-16-26(17-15-25)20-8-6-19(24)7-9-20;1-4(7)5(2,3)6/h6-9,21H,3-5,10-18H2,1-2H3;6H2,1-3H3. The fourth-order valence-corrected chi connectivity index (χ4v) is 4.73. The van der Waals surface area contributed by atoms with Crippen LogP contribution in [0.4, 0.5) is 10.1 Å². The maximum absolute atomic E-state index is 13.1. The number of rotatable bonds is 10. The van der Waals surface area contributed by atoms with Crippen molar-refractivity contribution in [3.05, 3.63) is 30.1 Å². The molecule has 0 bridgehead atoms. The molecule has 3 rings (SSSR count). The molecule has 35 heavy (non-hydrogen) atoms. The molecule has 2 fully saturated rings. The highest BCUT2D eigenvalue weighted by Gasteiger charge is 2.47. The largest absolute Gasteiger partial charge is 0.462 e. The molecule has 0 amide bonds. The Bertz CT molecular complexity index is 801. The average molecular weight is 492 g/mol. The Morgan fingerprint density at radius 2 is 1.71 bits per heavy atom. The van der Waals surface area contributed by atoms with Crippen molar-refractivity contribution >= 4 is 17.4 Å². The first-order valence-electron chi connectivity index (χ1n) is 13.2. The van der Waals surface area contributed by atoms with Crippen molar-refractivity contribution in [3.8, 4) is 0 Å². The number of hydrogen-bond acceptors (Lipinski definition) is 6. The molecule has 2 atom stereocenters. The lowest BCUT2D eigenvalue weighted by atomic mass is 9.76. The number of halogens is 1. The summed E-state index contributed by atoms with van der Waals surface area (Å²) in [6, 6.07) is 6.76. The summed E-state index contributed by atoms with van der Waals surface area (Å²) in [6.45, 7) is 14.1. The maximum Gasteiger partial charge on any atom is 0.312 e. The van der Waals surface area contributed by atoms with Gasteiger partial charge in [0, 0.05) is 44.8 Å². The van der Waals surface area contributed by atoms with E-state index in [1.807, 2.05) is 12.1 Å². The molecule has 2 aliphatic rings. The quantitative estimate of drug-likeness (QED) is 0.467. The first-order chi connectivity index (χ1) is 16.5. The molecule has 6 nitrogen and oxygen atoms in total. The zero-order valence-corrected chi connectivity index (χ0v) is 22.4. The molecule has 1 aromatic rings. The van der Waals surface area contributed by atoms with Crippen LogP contribution in [0.2, 0.25) is 0 Å². The second kappa shape index (κ2) is 13.4. The number of carbonyl (C=O) groups is 2. The third-order valence-electron chi connectivity index (χ3n) is 7.30. The lowest BCUT2D eigenvalue weighted by Crippen LogP contribution is -2.47. The van der Waals surface area contributed by atoms with Crippen LogP contribution >= 0.6 is 0 Å². The highest BCUT2D eigenvalue weighted by molar-refractivity contribution is 5.84. The molecule has 2 saturated heterocycles. The van der Waals surface area contributed by atoms with E-state index in [-0.39, 0.29) is 29.1 Å². The highest BCUT2D eigenvalue weighted by atomic mass is 19.1. The minimum Gasteiger partial charge on any atom is -0.462 e. The van der Waals surface area contributed by atoms with E-state index in [0.29, 0.717) is 0 Å². The summed E-state index contributed by atoms with van der Waals surface area (Å²) in [4.78, 5) is 27.7. The molecular formula is C28H46FN3O3. The van der Waals surface area contributed by atoms with Gasteiger partial charge in [0.25, 0.3) is 0 Å². The number of piperazine rings is 1. The summed E-state index contributed by atoms with van der Waals surface area (Å²) >= 11 is 0. The van der Waals surface area contributed by atoms with Crippen molar-refractivity contribution in [2.45, 2.75) is 91.2 Å². The molecule has 0 radical (unpaired) electrons. The van der Waals surface area contributed by atoms with Crippen LogP contribution in [0.1, 0.15) is 79.6 Å². The van der Waals surface area contributed by atoms with Crippen molar-refractivity contribution in [1.29, 1.82) is 0 Å². The second-order valence-electron chi connectivity index (χ2n) is 10.7. The summed E-state index contributed by atoms with van der Waals surface area (Å²) < 4.78 is 18.9. The van der Waals surface area contributed by atoms with Crippen LogP contribution in [0.25, 0.3) is 0 Å². The molecule has 2 heterocycles. The van der Waals surface area contributed by atoms with Crippen LogP contribution < -0.4 is 10.6 Å². The average Bonchev–Trinajstić information content (AvgIpc) is 3.12. The Kier molecular flexibility index (Phi) is 11.2. The van der Waals surface area contributed by atoms with Gasteiger partial charge < -0.3 is 15.4 Å². The monoisotopic (exact) mass is 491 g/mol. The lowest BCUT2D eigenvalue weighted by molar-refractivity contribution is -0.149. The first kappa shape index (κ1) is 29.2. The van der Waals surface area contributed by atoms with Crippen LogP contribution in [0.5, 0.6) is 0 Å². The van der Waals surface area contributed by atoms with Gasteiger partial charge in [0.05, 0.1) is 11.0 Å². The van der Waals surface area contributed by atoms with Gasteiger partial charge in [-0.1, -0.05) is 33.1 Å². The second-order valence-corrected chi connectivity index (χ2v) is 10.7. The third-order valence-corrected chi connectivity index (χ3v) is 7.30. The Hall–Kier alpha value is -1.99. The van der Waals surface area contributed by atoms with Crippen LogP contribution in [0.3, 0.4) is 0 Å². The van der Waals surface area contributed by atoms with Gasteiger partial charge in [-0.05, 0) is 64.3 Å². The number of nitrogens with zero attached hydrogens (tertiary/aromatic N) is 2. The molecule has 2 N–H and O–H groups in total. The van der Waals surface area contributed by atoms with Crippen LogP contribution in [-0.4, -0.2) is 61.0 Å². The summed E-state index contributed by atoms with van der Waals surface area (Å²) in [7, 11) is 0. The molecule has 0 aromatic heterocycles. The molecule has 2 aliphatic heterocycles. The number of nitrogens with two attached hydrogens (primary N) is 1. The number of ether oxygens (including phenoxy) is 1. The van der Waals surface area contributed by atoms with Gasteiger partial charge in [-0.2, -0.15) is 0 Å². The summed E-state index contributed by atoms with van der Waals surface area (Å²) in [5, 5.41) is 0. The number of cyclic esters (lactones) is 1. The fraction of sp³-hybridized carbons (Fsp3) is 0.714. The summed E-state index contributed by atoms with van der Waals surface area (Å²) in [5.74, 6) is -0.118. The predicted molar refractivity (Wildman–Crippen MR) is 140 cm³/mol. The minimum atomic E-state index is -0.639. The number of esters is 1. The van der Waals surface area contributed by atoms with Gasteiger partial charge in [-0.3, -0.25) is 14.5 Å². The van der Waals surface area contributed by atoms with Gasteiger partial charge in [0.15, 0.2) is 0 Å². The SMILES string of the molecule is CC(=O)C(C)(C)N.CCCCC1(CCC)CC(CCN2CCN(c3ccc(F)cc3)CC2)OC1=O. The van der Waals surface area contributed by atoms with Gasteiger partial charge in [0.1, 0.15) is 17.7 Å². The van der Waals surface area contributed by atoms with Crippen LogP contribution in [0.15, 0.2) is 24.3 Å². The number of benzene rings is 1. The molecule has 2 unspecified atom stereocenters. The Labute approximate surface area is 211 Å². The number of hydrogen-bond donors (Lipinski definition) is 1. The zero-order valence-electron chi connectivity index (χ0n) is 22.4. The number of ketones is 1. The van der Waals surface area contributed by atoms with Crippen LogP contribution in [-0.2, 0) is 14.3 Å². The van der Waals surface area contributed by atoms with E-state index in [0.717, 1.165) is 83.4 Å². The number of Topliss-reactive ketones (excluding diaryl/α,β-unsaturated/α-hetero) is 1. The van der Waals surface area contributed by atoms with E-state index in [9.17, 15) is 14.0 Å². The number of unbranched alkanes of at least 4 members (excludes halogenated alkanes) is 1. The van der Waals surface area contributed by atoms with E-state index < -0.39 is 5.54 Å². The first-order valence-corrected chi connectivity index (χ1v) is 13.2. The normalized spacial score (nSPS) is 23.0. The predicted octanol–water partition coefficient (Wildman–Crippen LogP) is 4.94. The van der Waals surface area contributed by atoms with Crippen LogP contribution in [0, 0.1) is 11.2 Å². The molecule has 1 aromatic carbocycles. The number of carbonyl (C=O) groups excluding carboxylic acids is 2. The van der Waals surface area contributed by atoms with Crippen molar-refractivity contribution in [2.75, 3.05) is 37.6 Å². The van der Waals surface area contributed by atoms with Gasteiger partial charge in [0.2, 0.25) is 0 Å². The number of anilines is 1. The van der Waals surface area contributed by atoms with Gasteiger partial charge in [-0.25, -0.2) is 4.39 Å². The van der Waals surface area contributed by atoms with E-state index >= 15 is 0 Å². The van der Waals surface area contributed by atoms with Crippen molar-refractivity contribution in [1.82, 2.24) is 4.90 Å². The summed E-state index contributed by atoms with van der Waals surface area (Å²) in [5.41, 5.74) is 5.55. The third kappa shape index (κ3) is 8.87. The molecule has 0 aliphatic carbocycles. The Morgan fingerprint density at radius 3 is 2.23 bits per heavy atom.